The maximum absolute atomic E-state index is 5.53. The molecule has 0 aromatic carbocycles. The molecule has 3 heterocycles. The Morgan fingerprint density at radius 1 is 1.44 bits per heavy atom. The minimum absolute atomic E-state index is 0.426. The lowest BCUT2D eigenvalue weighted by atomic mass is 10.0. The largest absolute Gasteiger partial charge is 0.381 e. The zero-order valence-electron chi connectivity index (χ0n) is 8.90. The van der Waals surface area contributed by atoms with Gasteiger partial charge in [-0.2, -0.15) is 0 Å². The number of nitrogens with zero attached hydrogens (tertiary/aromatic N) is 2. The molecule has 0 bridgehead atoms. The first-order valence-corrected chi connectivity index (χ1v) is 6.35. The molecule has 1 aliphatic rings. The smallest absolute Gasteiger partial charge is 0.119 e. The Bertz CT molecular complexity index is 503. The van der Waals surface area contributed by atoms with Gasteiger partial charge in [0.25, 0.3) is 0 Å². The van der Waals surface area contributed by atoms with Crippen LogP contribution in [0.1, 0.15) is 24.6 Å². The van der Waals surface area contributed by atoms with E-state index in [1.54, 1.807) is 0 Å². The van der Waals surface area contributed by atoms with E-state index in [2.05, 4.69) is 31.4 Å². The van der Waals surface area contributed by atoms with Crippen LogP contribution in [0, 0.1) is 0 Å². The van der Waals surface area contributed by atoms with Gasteiger partial charge in [0, 0.05) is 12.5 Å². The number of rotatable bonds is 1. The van der Waals surface area contributed by atoms with Gasteiger partial charge in [-0.25, -0.2) is 4.98 Å². The average molecular weight is 281 g/mol. The molecule has 0 saturated carbocycles. The molecule has 4 heteroatoms. The van der Waals surface area contributed by atoms with Crippen molar-refractivity contribution >= 4 is 21.4 Å². The van der Waals surface area contributed by atoms with Crippen LogP contribution >= 0.6 is 15.9 Å². The summed E-state index contributed by atoms with van der Waals surface area (Å²) in [5.41, 5.74) is 1.13. The van der Waals surface area contributed by atoms with Gasteiger partial charge in [0.15, 0.2) is 0 Å². The van der Waals surface area contributed by atoms with Crippen molar-refractivity contribution < 1.29 is 4.74 Å². The Morgan fingerprint density at radius 3 is 3.19 bits per heavy atom. The molecule has 16 heavy (non-hydrogen) atoms. The van der Waals surface area contributed by atoms with Crippen molar-refractivity contribution in [2.45, 2.75) is 18.8 Å². The summed E-state index contributed by atoms with van der Waals surface area (Å²) < 4.78 is 8.75. The van der Waals surface area contributed by atoms with Gasteiger partial charge in [0.05, 0.1) is 22.9 Å². The molecule has 1 aliphatic heterocycles. The molecule has 1 fully saturated rings. The van der Waals surface area contributed by atoms with Crippen LogP contribution in [0.2, 0.25) is 0 Å². The van der Waals surface area contributed by atoms with Gasteiger partial charge in [0.2, 0.25) is 0 Å². The molecule has 2 aromatic heterocycles. The first-order chi connectivity index (χ1) is 7.86. The van der Waals surface area contributed by atoms with Gasteiger partial charge in [-0.05, 0) is 40.9 Å². The molecule has 84 valence electrons. The summed E-state index contributed by atoms with van der Waals surface area (Å²) in [7, 11) is 0. The summed E-state index contributed by atoms with van der Waals surface area (Å²) in [4.78, 5) is 4.53. The molecule has 3 nitrogen and oxygen atoms in total. The second kappa shape index (κ2) is 4.18. The maximum Gasteiger partial charge on any atom is 0.119 e. The molecule has 0 radical (unpaired) electrons. The van der Waals surface area contributed by atoms with Crippen molar-refractivity contribution in [1.29, 1.82) is 0 Å². The Hall–Kier alpha value is -0.870. The third-order valence-corrected chi connectivity index (χ3v) is 3.68. The SMILES string of the molecule is Brc1cccc2cnc(C3CCCOC3)n12. The molecule has 1 saturated heterocycles. The Kier molecular flexibility index (Phi) is 2.69. The van der Waals surface area contributed by atoms with E-state index in [4.69, 9.17) is 4.74 Å². The monoisotopic (exact) mass is 280 g/mol. The zero-order chi connectivity index (χ0) is 11.0. The van der Waals surface area contributed by atoms with E-state index < -0.39 is 0 Å². The predicted molar refractivity (Wildman–Crippen MR) is 65.7 cm³/mol. The highest BCUT2D eigenvalue weighted by Gasteiger charge is 2.21. The Labute approximate surface area is 103 Å². The lowest BCUT2D eigenvalue weighted by Gasteiger charge is -2.21. The van der Waals surface area contributed by atoms with Crippen molar-refractivity contribution in [2.75, 3.05) is 13.2 Å². The standard InChI is InChI=1S/C12H13BrN2O/c13-11-5-1-4-10-7-14-12(15(10)11)9-3-2-6-16-8-9/h1,4-5,7,9H,2-3,6,8H2. The molecule has 1 unspecified atom stereocenters. The van der Waals surface area contributed by atoms with Crippen molar-refractivity contribution in [2.24, 2.45) is 0 Å². The lowest BCUT2D eigenvalue weighted by molar-refractivity contribution is 0.0779. The molecule has 0 N–H and O–H groups in total. The van der Waals surface area contributed by atoms with Gasteiger partial charge in [-0.3, -0.25) is 4.40 Å². The van der Waals surface area contributed by atoms with Gasteiger partial charge < -0.3 is 4.74 Å². The highest BCUT2D eigenvalue weighted by atomic mass is 79.9. The number of ether oxygens (including phenoxy) is 1. The fourth-order valence-corrected chi connectivity index (χ4v) is 2.80. The van der Waals surface area contributed by atoms with E-state index in [1.165, 1.54) is 6.42 Å². The van der Waals surface area contributed by atoms with E-state index in [-0.39, 0.29) is 0 Å². The second-order valence-corrected chi connectivity index (χ2v) is 4.95. The van der Waals surface area contributed by atoms with Gasteiger partial charge in [-0.15, -0.1) is 0 Å². The number of hydrogen-bond donors (Lipinski definition) is 0. The first-order valence-electron chi connectivity index (χ1n) is 5.56. The van der Waals surface area contributed by atoms with Crippen molar-refractivity contribution in [3.8, 4) is 0 Å². The first kappa shape index (κ1) is 10.3. The number of hydrogen-bond acceptors (Lipinski definition) is 2. The minimum Gasteiger partial charge on any atom is -0.381 e. The number of aromatic nitrogens is 2. The quantitative estimate of drug-likeness (QED) is 0.751. The molecule has 0 spiro atoms. The van der Waals surface area contributed by atoms with Crippen LogP contribution in [0.25, 0.3) is 5.52 Å². The van der Waals surface area contributed by atoms with Crippen LogP contribution in [-0.2, 0) is 4.74 Å². The highest BCUT2D eigenvalue weighted by Crippen LogP contribution is 2.27. The summed E-state index contributed by atoms with van der Waals surface area (Å²) in [5.74, 6) is 1.54. The van der Waals surface area contributed by atoms with E-state index in [9.17, 15) is 0 Å². The number of pyridine rings is 1. The Balaban J connectivity index is 2.09. The Morgan fingerprint density at radius 2 is 2.38 bits per heavy atom. The molecular weight excluding hydrogens is 268 g/mol. The van der Waals surface area contributed by atoms with Crippen molar-refractivity contribution in [3.05, 3.63) is 34.8 Å². The number of fused-ring (bicyclic) bond motifs is 1. The number of imidazole rings is 1. The number of halogens is 1. The zero-order valence-corrected chi connectivity index (χ0v) is 10.5. The summed E-state index contributed by atoms with van der Waals surface area (Å²) in [5, 5.41) is 0. The van der Waals surface area contributed by atoms with Gasteiger partial charge >= 0.3 is 0 Å². The van der Waals surface area contributed by atoms with Crippen LogP contribution in [0.5, 0.6) is 0 Å². The summed E-state index contributed by atoms with van der Waals surface area (Å²) in [6.45, 7) is 1.68. The molecule has 0 aliphatic carbocycles. The van der Waals surface area contributed by atoms with Crippen LogP contribution in [-0.4, -0.2) is 22.6 Å². The highest BCUT2D eigenvalue weighted by molar-refractivity contribution is 9.10. The van der Waals surface area contributed by atoms with E-state index >= 15 is 0 Å². The lowest BCUT2D eigenvalue weighted by Crippen LogP contribution is -2.18. The average Bonchev–Trinajstić information content (AvgIpc) is 2.75. The van der Waals surface area contributed by atoms with Crippen LogP contribution < -0.4 is 0 Å². The van der Waals surface area contributed by atoms with E-state index in [1.807, 2.05) is 18.3 Å². The van der Waals surface area contributed by atoms with Crippen LogP contribution in [0.15, 0.2) is 29.0 Å². The van der Waals surface area contributed by atoms with Crippen LogP contribution in [0.4, 0.5) is 0 Å². The molecule has 1 atom stereocenters. The minimum atomic E-state index is 0.426. The van der Waals surface area contributed by atoms with Crippen molar-refractivity contribution in [1.82, 2.24) is 9.38 Å². The summed E-state index contributed by atoms with van der Waals surface area (Å²) >= 11 is 3.58. The summed E-state index contributed by atoms with van der Waals surface area (Å²) in [6, 6.07) is 6.15. The van der Waals surface area contributed by atoms with Gasteiger partial charge in [0.1, 0.15) is 5.82 Å². The molecule has 3 rings (SSSR count). The molecule has 0 amide bonds. The second-order valence-electron chi connectivity index (χ2n) is 4.14. The maximum atomic E-state index is 5.53. The van der Waals surface area contributed by atoms with Crippen molar-refractivity contribution in [3.63, 3.8) is 0 Å². The third-order valence-electron chi connectivity index (χ3n) is 3.06. The molecule has 2 aromatic rings. The van der Waals surface area contributed by atoms with E-state index in [0.29, 0.717) is 5.92 Å². The molecular formula is C12H13BrN2O. The predicted octanol–water partition coefficient (Wildman–Crippen LogP) is 2.99. The third kappa shape index (κ3) is 1.66. The fraction of sp³-hybridized carbons (Fsp3) is 0.417. The van der Waals surface area contributed by atoms with Gasteiger partial charge in [-0.1, -0.05) is 6.07 Å². The van der Waals surface area contributed by atoms with E-state index in [0.717, 1.165) is 35.6 Å². The summed E-state index contributed by atoms with van der Waals surface area (Å²) in [6.07, 6.45) is 4.22. The topological polar surface area (TPSA) is 26.5 Å². The van der Waals surface area contributed by atoms with Crippen LogP contribution in [0.3, 0.4) is 0 Å². The normalized spacial score (nSPS) is 21.4. The fourth-order valence-electron chi connectivity index (χ4n) is 2.26.